The SMILES string of the molecule is Brc1ccc(N2CCNCC2)cc1.CCC(C)[C@H](CO)Nc1nc(Cl)nc2c1S(=O)CC2.CCC[C@H](CO)Nc1nc(N2CCN(c3ccc(Br)cc3)CC2)nc2c1S(=O)CC2. The molecule has 5 atom stereocenters. The Labute approximate surface area is 392 Å². The van der Waals surface area contributed by atoms with Crippen molar-refractivity contribution in [2.75, 3.05) is 102 Å². The van der Waals surface area contributed by atoms with E-state index in [-0.39, 0.29) is 36.5 Å². The summed E-state index contributed by atoms with van der Waals surface area (Å²) in [4.78, 5) is 26.2. The van der Waals surface area contributed by atoms with Crippen LogP contribution in [0.3, 0.4) is 0 Å². The normalized spacial score (nSPS) is 19.6. The predicted octanol–water partition coefficient (Wildman–Crippen LogP) is 6.27. The van der Waals surface area contributed by atoms with E-state index in [1.54, 1.807) is 0 Å². The molecule has 62 heavy (non-hydrogen) atoms. The molecule has 0 saturated carbocycles. The van der Waals surface area contributed by atoms with Crippen molar-refractivity contribution in [2.45, 2.75) is 74.7 Å². The molecule has 0 spiro atoms. The average Bonchev–Trinajstić information content (AvgIpc) is 3.87. The second-order valence-corrected chi connectivity index (χ2v) is 20.8. The van der Waals surface area contributed by atoms with Gasteiger partial charge in [0.1, 0.15) is 21.4 Å². The molecule has 4 aromatic rings. The van der Waals surface area contributed by atoms with Gasteiger partial charge in [-0.2, -0.15) is 9.97 Å². The predicted molar refractivity (Wildman–Crippen MR) is 260 cm³/mol. The van der Waals surface area contributed by atoms with E-state index in [0.717, 1.165) is 96.8 Å². The minimum atomic E-state index is -1.08. The molecule has 0 aliphatic carbocycles. The molecule has 0 bridgehead atoms. The summed E-state index contributed by atoms with van der Waals surface area (Å²) in [6.07, 6.45) is 4.10. The molecule has 4 aliphatic heterocycles. The average molecular weight is 1040 g/mol. The lowest BCUT2D eigenvalue weighted by atomic mass is 10.00. The molecule has 0 radical (unpaired) electrons. The van der Waals surface area contributed by atoms with E-state index in [1.165, 1.54) is 11.4 Å². The van der Waals surface area contributed by atoms with Gasteiger partial charge in [0.2, 0.25) is 11.2 Å². The number of hydrogen-bond donors (Lipinski definition) is 5. The fourth-order valence-electron chi connectivity index (χ4n) is 7.66. The highest BCUT2D eigenvalue weighted by molar-refractivity contribution is 9.10. The Bertz CT molecular complexity index is 2110. The lowest BCUT2D eigenvalue weighted by Crippen LogP contribution is -2.47. The van der Waals surface area contributed by atoms with E-state index < -0.39 is 21.6 Å². The second kappa shape index (κ2) is 23.8. The number of halogens is 3. The summed E-state index contributed by atoms with van der Waals surface area (Å²) in [5.41, 5.74) is 4.17. The number of nitrogens with zero attached hydrogens (tertiary/aromatic N) is 7. The quantitative estimate of drug-likeness (QED) is 0.0949. The van der Waals surface area contributed by atoms with Crippen molar-refractivity contribution < 1.29 is 18.6 Å². The molecule has 2 fully saturated rings. The van der Waals surface area contributed by atoms with Gasteiger partial charge in [0.25, 0.3) is 0 Å². The van der Waals surface area contributed by atoms with Gasteiger partial charge in [0.15, 0.2) is 0 Å². The largest absolute Gasteiger partial charge is 0.394 e. The van der Waals surface area contributed by atoms with Crippen LogP contribution in [-0.2, 0) is 34.4 Å². The number of piperazine rings is 2. The molecule has 0 amide bonds. The number of rotatable bonds is 13. The van der Waals surface area contributed by atoms with Crippen molar-refractivity contribution in [3.63, 3.8) is 0 Å². The maximum Gasteiger partial charge on any atom is 0.227 e. The Kier molecular flexibility index (Phi) is 18.6. The fraction of sp³-hybridized carbons (Fsp3) is 0.535. The summed E-state index contributed by atoms with van der Waals surface area (Å²) >= 11 is 12.8. The summed E-state index contributed by atoms with van der Waals surface area (Å²) in [7, 11) is -2.16. The molecular weight excluding hydrogens is 980 g/mol. The highest BCUT2D eigenvalue weighted by Gasteiger charge is 2.30. The summed E-state index contributed by atoms with van der Waals surface area (Å²) in [5.74, 6) is 3.27. The minimum Gasteiger partial charge on any atom is -0.394 e. The number of nitrogens with one attached hydrogen (secondary N) is 3. The molecule has 4 aliphatic rings. The number of anilines is 5. The first-order valence-electron chi connectivity index (χ1n) is 21.5. The molecular formula is C43H59Br2ClN10O4S2. The topological polar surface area (TPSA) is 172 Å². The number of aliphatic hydroxyl groups is 2. The number of aromatic nitrogens is 4. The van der Waals surface area contributed by atoms with Gasteiger partial charge in [0.05, 0.1) is 58.3 Å². The van der Waals surface area contributed by atoms with Crippen LogP contribution in [-0.4, -0.2) is 128 Å². The van der Waals surface area contributed by atoms with E-state index >= 15 is 0 Å². The monoisotopic (exact) mass is 1040 g/mol. The van der Waals surface area contributed by atoms with Gasteiger partial charge >= 0.3 is 0 Å². The van der Waals surface area contributed by atoms with Gasteiger partial charge in [-0.25, -0.2) is 9.97 Å². The lowest BCUT2D eigenvalue weighted by Gasteiger charge is -2.36. The third-order valence-corrected chi connectivity index (χ3v) is 15.6. The molecule has 8 rings (SSSR count). The first-order chi connectivity index (χ1) is 30.0. The van der Waals surface area contributed by atoms with Gasteiger partial charge in [-0.1, -0.05) is 65.5 Å². The maximum absolute atomic E-state index is 12.5. The smallest absolute Gasteiger partial charge is 0.227 e. The number of benzene rings is 2. The molecule has 338 valence electrons. The molecule has 5 N–H and O–H groups in total. The van der Waals surface area contributed by atoms with E-state index in [9.17, 15) is 18.6 Å². The van der Waals surface area contributed by atoms with Gasteiger partial charge < -0.3 is 40.9 Å². The number of aryl methyl sites for hydroxylation is 2. The van der Waals surface area contributed by atoms with Crippen LogP contribution in [0.15, 0.2) is 67.3 Å². The van der Waals surface area contributed by atoms with Crippen LogP contribution in [0, 0.1) is 5.92 Å². The Morgan fingerprint density at radius 2 is 1.24 bits per heavy atom. The zero-order valence-corrected chi connectivity index (χ0v) is 41.2. The van der Waals surface area contributed by atoms with Crippen LogP contribution < -0.4 is 30.7 Å². The minimum absolute atomic E-state index is 0.00195. The second-order valence-electron chi connectivity index (χ2n) is 15.7. The van der Waals surface area contributed by atoms with E-state index in [2.05, 4.69) is 135 Å². The van der Waals surface area contributed by atoms with Crippen LogP contribution in [0.25, 0.3) is 0 Å². The van der Waals surface area contributed by atoms with E-state index in [4.69, 9.17) is 21.6 Å². The van der Waals surface area contributed by atoms with Crippen LogP contribution >= 0.6 is 43.5 Å². The van der Waals surface area contributed by atoms with E-state index in [0.29, 0.717) is 46.8 Å². The van der Waals surface area contributed by atoms with Crippen LogP contribution in [0.1, 0.15) is 51.4 Å². The Hall–Kier alpha value is -2.97. The zero-order chi connectivity index (χ0) is 44.2. The van der Waals surface area contributed by atoms with Crippen molar-refractivity contribution in [1.82, 2.24) is 25.3 Å². The molecule has 2 saturated heterocycles. The zero-order valence-electron chi connectivity index (χ0n) is 35.7. The fourth-order valence-corrected chi connectivity index (χ4v) is 11.0. The highest BCUT2D eigenvalue weighted by atomic mass is 79.9. The number of aliphatic hydroxyl groups excluding tert-OH is 2. The summed E-state index contributed by atoms with van der Waals surface area (Å²) < 4.78 is 26.7. The lowest BCUT2D eigenvalue weighted by molar-refractivity contribution is 0.240. The Morgan fingerprint density at radius 1 is 0.726 bits per heavy atom. The van der Waals surface area contributed by atoms with Gasteiger partial charge in [-0.3, -0.25) is 8.42 Å². The summed E-state index contributed by atoms with van der Waals surface area (Å²) in [5, 5.41) is 29.2. The number of hydrogen-bond acceptors (Lipinski definition) is 14. The molecule has 2 aromatic carbocycles. The summed E-state index contributed by atoms with van der Waals surface area (Å²) in [6.45, 7) is 14.1. The van der Waals surface area contributed by atoms with Gasteiger partial charge in [0, 0.05) is 97.0 Å². The van der Waals surface area contributed by atoms with E-state index in [1.807, 2.05) is 6.92 Å². The Balaban J connectivity index is 0.000000171. The molecule has 14 nitrogen and oxygen atoms in total. The highest BCUT2D eigenvalue weighted by Crippen LogP contribution is 2.32. The molecule has 3 unspecified atom stereocenters. The third-order valence-electron chi connectivity index (χ3n) is 11.4. The van der Waals surface area contributed by atoms with Crippen molar-refractivity contribution >= 4 is 94.0 Å². The van der Waals surface area contributed by atoms with Crippen LogP contribution in [0.2, 0.25) is 5.28 Å². The molecule has 19 heteroatoms. The van der Waals surface area contributed by atoms with Crippen LogP contribution in [0.5, 0.6) is 0 Å². The van der Waals surface area contributed by atoms with Gasteiger partial charge in [-0.05, 0) is 72.5 Å². The Morgan fingerprint density at radius 3 is 1.76 bits per heavy atom. The summed E-state index contributed by atoms with van der Waals surface area (Å²) in [6, 6.07) is 16.7. The van der Waals surface area contributed by atoms with Crippen molar-refractivity contribution in [1.29, 1.82) is 0 Å². The maximum atomic E-state index is 12.5. The molecule has 2 aromatic heterocycles. The number of fused-ring (bicyclic) bond motifs is 2. The van der Waals surface area contributed by atoms with Crippen molar-refractivity contribution in [3.8, 4) is 0 Å². The first kappa shape index (κ1) is 48.5. The van der Waals surface area contributed by atoms with Crippen molar-refractivity contribution in [3.05, 3.63) is 74.1 Å². The first-order valence-corrected chi connectivity index (χ1v) is 26.1. The van der Waals surface area contributed by atoms with Crippen LogP contribution in [0.4, 0.5) is 29.0 Å². The standard InChI is InChI=1S/C21H28BrN5O2S.C12H18ClN3O2S.C10H13BrN2/c1-2-3-16(14-28)23-20-19-18(8-13-30(19)29)24-21(25-20)27-11-9-26(10-12-27)17-6-4-15(22)5-7-17;1-3-7(2)9(6-17)14-11-10-8(4-5-19(10)18)15-12(13)16-11;11-9-1-3-10(4-2-9)13-7-5-12-6-8-13/h4-7,16,28H,2-3,8-14H2,1H3,(H,23,24,25);7,9,17H,3-6H2,1-2H3,(H,14,15,16);1-4,12H,5-8H2/t16-,30?;7?,9-,19?;/m10./s1. The third kappa shape index (κ3) is 12.9. The van der Waals surface area contributed by atoms with Gasteiger partial charge in [-0.15, -0.1) is 0 Å². The molecule has 6 heterocycles. The van der Waals surface area contributed by atoms with Crippen molar-refractivity contribution in [2.24, 2.45) is 5.92 Å².